The van der Waals surface area contributed by atoms with Crippen LogP contribution in [0.3, 0.4) is 0 Å². The molecule has 2 aromatic carbocycles. The number of rotatable bonds is 14. The van der Waals surface area contributed by atoms with Crippen LogP contribution in [0, 0.1) is 37.5 Å². The minimum atomic E-state index is -1.52. The molecule has 18 heteroatoms. The summed E-state index contributed by atoms with van der Waals surface area (Å²) in [6.07, 6.45) is -3.98. The number of imidazole rings is 1. The second kappa shape index (κ2) is 28.0. The molecule has 0 radical (unpaired) electrons. The van der Waals surface area contributed by atoms with Crippen LogP contribution in [0.2, 0.25) is 0 Å². The molecule has 1 aliphatic rings. The average Bonchev–Trinajstić information content (AvgIpc) is 3.68. The maximum atomic E-state index is 15.0. The molecule has 8 atom stereocenters. The van der Waals surface area contributed by atoms with Crippen LogP contribution in [0.4, 0.5) is 0 Å². The van der Waals surface area contributed by atoms with Gasteiger partial charge in [0.2, 0.25) is 0 Å². The van der Waals surface area contributed by atoms with Crippen LogP contribution >= 0.6 is 0 Å². The third-order valence-corrected chi connectivity index (χ3v) is 13.9. The van der Waals surface area contributed by atoms with Crippen molar-refractivity contribution >= 4 is 47.5 Å². The topological polar surface area (TPSA) is 204 Å². The Morgan fingerprint density at radius 1 is 0.447 bits per heavy atom. The van der Waals surface area contributed by atoms with Gasteiger partial charge in [0.05, 0.1) is 12.0 Å². The molecule has 0 unspecified atom stereocenters. The first-order valence-electron chi connectivity index (χ1n) is 26.6. The number of esters is 4. The minimum absolute atomic E-state index is 0.0879. The molecule has 4 amide bonds. The van der Waals surface area contributed by atoms with Crippen molar-refractivity contribution in [2.75, 3.05) is 28.2 Å². The van der Waals surface area contributed by atoms with E-state index in [9.17, 15) is 38.4 Å². The zero-order valence-corrected chi connectivity index (χ0v) is 47.7. The molecule has 418 valence electrons. The Morgan fingerprint density at radius 2 is 0.763 bits per heavy atom. The van der Waals surface area contributed by atoms with Gasteiger partial charge in [0.1, 0.15) is 24.2 Å². The Hall–Kier alpha value is -6.59. The minimum Gasteiger partial charge on any atom is -0.451 e. The number of carbonyl (C=O) groups excluding carboxylic acids is 8. The Labute approximate surface area is 450 Å². The fourth-order valence-corrected chi connectivity index (χ4v) is 9.20. The normalized spacial score (nSPS) is 23.8. The maximum absolute atomic E-state index is 15.0. The number of nitrogens with zero attached hydrogens (tertiary/aromatic N) is 6. The third kappa shape index (κ3) is 17.0. The van der Waals surface area contributed by atoms with Gasteiger partial charge in [-0.3, -0.25) is 19.2 Å². The van der Waals surface area contributed by atoms with Gasteiger partial charge in [-0.2, -0.15) is 0 Å². The Morgan fingerprint density at radius 3 is 1.09 bits per heavy atom. The summed E-state index contributed by atoms with van der Waals surface area (Å²) in [6.45, 7) is 22.0. The van der Waals surface area contributed by atoms with Crippen LogP contribution in [-0.4, -0.2) is 153 Å². The van der Waals surface area contributed by atoms with Crippen molar-refractivity contribution in [3.63, 3.8) is 0 Å². The van der Waals surface area contributed by atoms with E-state index in [0.717, 1.165) is 31.7 Å². The average molecular weight is 1060 g/mol. The molecule has 1 aromatic heterocycles. The van der Waals surface area contributed by atoms with Crippen LogP contribution in [-0.2, 0) is 76.7 Å². The van der Waals surface area contributed by atoms with Gasteiger partial charge in [-0.25, -0.2) is 24.2 Å². The lowest BCUT2D eigenvalue weighted by Crippen LogP contribution is -2.55. The smallest absolute Gasteiger partial charge is 0.329 e. The molecular weight excluding hydrogens is 973 g/mol. The van der Waals surface area contributed by atoms with Gasteiger partial charge < -0.3 is 43.1 Å². The first-order chi connectivity index (χ1) is 35.6. The number of hydrogen-bond donors (Lipinski definition) is 0. The Kier molecular flexibility index (Phi) is 22.8. The number of benzene rings is 2. The molecule has 1 saturated heterocycles. The highest BCUT2D eigenvalue weighted by Gasteiger charge is 2.43. The van der Waals surface area contributed by atoms with Gasteiger partial charge in [-0.15, -0.1) is 0 Å². The quantitative estimate of drug-likeness (QED) is 0.125. The zero-order chi connectivity index (χ0) is 56.9. The molecule has 3 aromatic rings. The van der Waals surface area contributed by atoms with E-state index in [1.54, 1.807) is 36.7 Å². The van der Waals surface area contributed by atoms with Crippen molar-refractivity contribution < 1.29 is 57.3 Å². The van der Waals surface area contributed by atoms with Crippen LogP contribution in [0.5, 0.6) is 0 Å². The highest BCUT2D eigenvalue weighted by Crippen LogP contribution is 2.25. The van der Waals surface area contributed by atoms with Gasteiger partial charge in [-0.1, -0.05) is 110 Å². The lowest BCUT2D eigenvalue weighted by molar-refractivity contribution is -0.176. The summed E-state index contributed by atoms with van der Waals surface area (Å²) in [5.41, 5.74) is 4.16. The highest BCUT2D eigenvalue weighted by molar-refractivity contribution is 5.94. The Balaban J connectivity index is 1.86. The van der Waals surface area contributed by atoms with E-state index in [4.69, 9.17) is 18.9 Å². The van der Waals surface area contributed by atoms with E-state index in [1.165, 1.54) is 46.9 Å². The first kappa shape index (κ1) is 62.0. The second-order valence-corrected chi connectivity index (χ2v) is 22.1. The maximum Gasteiger partial charge on any atom is 0.329 e. The summed E-state index contributed by atoms with van der Waals surface area (Å²) in [6, 6.07) is 11.3. The van der Waals surface area contributed by atoms with E-state index in [0.29, 0.717) is 17.7 Å². The van der Waals surface area contributed by atoms with E-state index in [2.05, 4.69) is 4.98 Å². The van der Waals surface area contributed by atoms with Crippen molar-refractivity contribution in [3.05, 3.63) is 89.0 Å². The summed E-state index contributed by atoms with van der Waals surface area (Å²) in [7, 11) is 5.58. The number of aryl methyl sites for hydroxylation is 1. The van der Waals surface area contributed by atoms with Crippen LogP contribution < -0.4 is 0 Å². The largest absolute Gasteiger partial charge is 0.451 e. The zero-order valence-electron chi connectivity index (χ0n) is 47.7. The molecule has 4 rings (SSSR count). The van der Waals surface area contributed by atoms with Crippen molar-refractivity contribution in [2.45, 2.75) is 177 Å². The van der Waals surface area contributed by atoms with Gasteiger partial charge >= 0.3 is 23.9 Å². The molecule has 2 heterocycles. The molecule has 0 aliphatic carbocycles. The van der Waals surface area contributed by atoms with Crippen molar-refractivity contribution in [1.29, 1.82) is 0 Å². The summed E-state index contributed by atoms with van der Waals surface area (Å²) in [4.78, 5) is 125. The number of ether oxygens (including phenoxy) is 4. The highest BCUT2D eigenvalue weighted by atomic mass is 16.6. The first-order valence-corrected chi connectivity index (χ1v) is 26.6. The molecule has 0 bridgehead atoms. The van der Waals surface area contributed by atoms with Crippen molar-refractivity contribution in [1.82, 2.24) is 29.2 Å². The number of hydrogen-bond acceptors (Lipinski definition) is 13. The number of likely N-dealkylation sites (N-methyl/N-ethyl adjacent to an activating group) is 4. The monoisotopic (exact) mass is 1060 g/mol. The van der Waals surface area contributed by atoms with Crippen molar-refractivity contribution in [2.24, 2.45) is 23.7 Å². The Bertz CT molecular complexity index is 2460. The van der Waals surface area contributed by atoms with Gasteiger partial charge in [0, 0.05) is 53.3 Å². The number of amides is 4. The molecular formula is C58H84N6O12. The fourth-order valence-electron chi connectivity index (χ4n) is 9.20. The van der Waals surface area contributed by atoms with E-state index in [1.807, 2.05) is 98.1 Å². The SMILES string of the molecule is Cc1ncn(Cc2ccc(C[C@H]3OC(=O)[C@H](CC(C)C)N(C)C(=O)[C@@H](C)OC(=O)[C@H](CC(C)C)N(C)C(=O)[C@@H](Cc4ccccc4)OC(=O)[C@H](CC(C)C)N(C)C(=O)[C@@H](C)OC(=O)[C@H](CC(C)C)N(C)C3=O)cc2)c1C. The van der Waals surface area contributed by atoms with E-state index in [-0.39, 0.29) is 62.2 Å². The van der Waals surface area contributed by atoms with Crippen LogP contribution in [0.25, 0.3) is 0 Å². The second-order valence-electron chi connectivity index (χ2n) is 22.1. The summed E-state index contributed by atoms with van der Waals surface area (Å²) in [5.74, 6) is -7.26. The summed E-state index contributed by atoms with van der Waals surface area (Å²) in [5, 5.41) is 0. The summed E-state index contributed by atoms with van der Waals surface area (Å²) >= 11 is 0. The fraction of sp³-hybridized carbons (Fsp3) is 0.603. The predicted octanol–water partition coefficient (Wildman–Crippen LogP) is 6.53. The van der Waals surface area contributed by atoms with E-state index < -0.39 is 96.1 Å². The number of aromatic nitrogens is 2. The van der Waals surface area contributed by atoms with Gasteiger partial charge in [-0.05, 0) is 93.7 Å². The molecule has 1 aliphatic heterocycles. The standard InChI is InChI=1S/C58H84N6O12/c1-34(2)26-45-55(69)73-41(12)52(66)61(14)48(29-37(7)8)58(72)76-50(31-43-22-24-44(25-23-43)32-64-33-59-38(9)39(64)10)54(68)63(16)46(27-35(3)4)56(70)74-40(11)51(65)60(13)47(28-36(5)6)57(71)75-49(53(67)62(45)15)30-42-20-18-17-19-21-42/h17-25,33-37,40-41,45-50H,26-32H2,1-16H3/t40-,41-,45+,46+,47+,48+,49-,50-/m1/s1. The lowest BCUT2D eigenvalue weighted by Gasteiger charge is -2.35. The molecule has 0 N–H and O–H groups in total. The summed E-state index contributed by atoms with van der Waals surface area (Å²) < 4.78 is 26.1. The third-order valence-electron chi connectivity index (χ3n) is 13.9. The predicted molar refractivity (Wildman–Crippen MR) is 286 cm³/mol. The molecule has 0 saturated carbocycles. The molecule has 18 nitrogen and oxygen atoms in total. The lowest BCUT2D eigenvalue weighted by atomic mass is 9.99. The molecule has 76 heavy (non-hydrogen) atoms. The molecule has 0 spiro atoms. The van der Waals surface area contributed by atoms with Crippen molar-refractivity contribution in [3.8, 4) is 0 Å². The van der Waals surface area contributed by atoms with Crippen LogP contribution in [0.15, 0.2) is 60.9 Å². The molecule has 1 fully saturated rings. The van der Waals surface area contributed by atoms with Gasteiger partial charge in [0.15, 0.2) is 24.4 Å². The van der Waals surface area contributed by atoms with Crippen LogP contribution in [0.1, 0.15) is 123 Å². The van der Waals surface area contributed by atoms with E-state index >= 15 is 0 Å². The van der Waals surface area contributed by atoms with Gasteiger partial charge in [0.25, 0.3) is 23.6 Å². The number of cyclic esters (lactones) is 4. The number of carbonyl (C=O) groups is 8.